The van der Waals surface area contributed by atoms with E-state index in [2.05, 4.69) is 0 Å². The first-order valence-corrected chi connectivity index (χ1v) is 4.26. The molecule has 0 spiro atoms. The lowest BCUT2D eigenvalue weighted by molar-refractivity contribution is -0.384. The van der Waals surface area contributed by atoms with Crippen molar-refractivity contribution in [1.29, 1.82) is 0 Å². The molecule has 0 saturated carbocycles. The maximum atomic E-state index is 11.0. The fraction of sp³-hybridized carbons (Fsp3) is 0.222. The summed E-state index contributed by atoms with van der Waals surface area (Å²) in [5.41, 5.74) is 0.613. The highest BCUT2D eigenvalue weighted by atomic mass is 35.5. The molecule has 0 fully saturated rings. The Morgan fingerprint density at radius 2 is 2.07 bits per heavy atom. The van der Waals surface area contributed by atoms with E-state index in [1.54, 1.807) is 6.92 Å². The summed E-state index contributed by atoms with van der Waals surface area (Å²) in [6.45, 7) is 2.98. The van der Waals surface area contributed by atoms with Gasteiger partial charge < -0.3 is 0 Å². The van der Waals surface area contributed by atoms with E-state index in [9.17, 15) is 14.9 Å². The number of carbonyl (C=O) groups is 1. The summed E-state index contributed by atoms with van der Waals surface area (Å²) in [7, 11) is 0. The van der Waals surface area contributed by atoms with Gasteiger partial charge in [0.25, 0.3) is 5.69 Å². The second-order valence-electron chi connectivity index (χ2n) is 2.94. The fourth-order valence-electron chi connectivity index (χ4n) is 1.09. The number of aryl methyl sites for hydroxylation is 1. The van der Waals surface area contributed by atoms with E-state index in [1.165, 1.54) is 19.1 Å². The van der Waals surface area contributed by atoms with Gasteiger partial charge in [0, 0.05) is 11.6 Å². The van der Waals surface area contributed by atoms with Crippen molar-refractivity contribution in [3.8, 4) is 0 Å². The van der Waals surface area contributed by atoms with E-state index < -0.39 is 4.92 Å². The smallest absolute Gasteiger partial charge is 0.288 e. The van der Waals surface area contributed by atoms with Gasteiger partial charge in [-0.05, 0) is 25.5 Å². The van der Waals surface area contributed by atoms with Crippen molar-refractivity contribution in [2.75, 3.05) is 0 Å². The molecule has 0 atom stereocenters. The highest BCUT2D eigenvalue weighted by Crippen LogP contribution is 2.29. The van der Waals surface area contributed by atoms with Crippen molar-refractivity contribution in [2.45, 2.75) is 13.8 Å². The van der Waals surface area contributed by atoms with E-state index >= 15 is 0 Å². The average Bonchev–Trinajstić information content (AvgIpc) is 2.08. The molecule has 4 nitrogen and oxygen atoms in total. The quantitative estimate of drug-likeness (QED) is 0.431. The number of halogens is 1. The van der Waals surface area contributed by atoms with Gasteiger partial charge in [0.2, 0.25) is 0 Å². The van der Waals surface area contributed by atoms with Gasteiger partial charge in [-0.25, -0.2) is 0 Å². The summed E-state index contributed by atoms with van der Waals surface area (Å²) < 4.78 is 0. The van der Waals surface area contributed by atoms with Crippen LogP contribution < -0.4 is 0 Å². The normalized spacial score (nSPS) is 9.93. The summed E-state index contributed by atoms with van der Waals surface area (Å²) in [6, 6.07) is 2.73. The first kappa shape index (κ1) is 10.7. The van der Waals surface area contributed by atoms with Crippen molar-refractivity contribution in [1.82, 2.24) is 0 Å². The van der Waals surface area contributed by atoms with Crippen LogP contribution in [0.3, 0.4) is 0 Å². The zero-order chi connectivity index (χ0) is 10.9. The van der Waals surface area contributed by atoms with Crippen LogP contribution in [0.4, 0.5) is 5.69 Å². The lowest BCUT2D eigenvalue weighted by atomic mass is 10.1. The number of hydrogen-bond donors (Lipinski definition) is 0. The molecule has 0 radical (unpaired) electrons. The molecule has 0 unspecified atom stereocenters. The van der Waals surface area contributed by atoms with Gasteiger partial charge in [-0.1, -0.05) is 11.6 Å². The molecule has 1 rings (SSSR count). The molecule has 0 saturated heterocycles. The third-order valence-corrected chi connectivity index (χ3v) is 2.33. The molecule has 74 valence electrons. The van der Waals surface area contributed by atoms with E-state index in [-0.39, 0.29) is 16.5 Å². The van der Waals surface area contributed by atoms with Crippen LogP contribution in [0.2, 0.25) is 5.02 Å². The van der Waals surface area contributed by atoms with E-state index in [0.717, 1.165) is 0 Å². The minimum absolute atomic E-state index is 0.0833. The van der Waals surface area contributed by atoms with Crippen molar-refractivity contribution < 1.29 is 9.72 Å². The van der Waals surface area contributed by atoms with Crippen molar-refractivity contribution in [3.63, 3.8) is 0 Å². The minimum atomic E-state index is -0.595. The van der Waals surface area contributed by atoms with Crippen molar-refractivity contribution in [3.05, 3.63) is 38.4 Å². The molecule has 0 aromatic heterocycles. The predicted octanol–water partition coefficient (Wildman–Crippen LogP) is 2.76. The van der Waals surface area contributed by atoms with Gasteiger partial charge in [-0.15, -0.1) is 0 Å². The van der Waals surface area contributed by atoms with Crippen LogP contribution in [-0.4, -0.2) is 10.7 Å². The molecule has 14 heavy (non-hydrogen) atoms. The lowest BCUT2D eigenvalue weighted by Gasteiger charge is -2.02. The standard InChI is InChI=1S/C9H8ClNO3/c1-5-3-7(6(2)12)4-8(9(5)10)11(13)14/h3-4H,1-2H3. The number of carbonyl (C=O) groups excluding carboxylic acids is 1. The summed E-state index contributed by atoms with van der Waals surface area (Å²) >= 11 is 5.71. The summed E-state index contributed by atoms with van der Waals surface area (Å²) in [5.74, 6) is -0.215. The third kappa shape index (κ3) is 1.90. The van der Waals surface area contributed by atoms with Crippen LogP contribution in [-0.2, 0) is 0 Å². The maximum absolute atomic E-state index is 11.0. The van der Waals surface area contributed by atoms with E-state index in [0.29, 0.717) is 11.1 Å². The minimum Gasteiger partial charge on any atom is -0.295 e. The Morgan fingerprint density at radius 1 is 1.50 bits per heavy atom. The molecule has 1 aromatic rings. The number of nitro benzene ring substituents is 1. The number of hydrogen-bond acceptors (Lipinski definition) is 3. The first-order chi connectivity index (χ1) is 6.43. The number of Topliss-reactive ketones (excluding diaryl/α,β-unsaturated/α-hetero) is 1. The molecule has 0 aliphatic carbocycles. The molecule has 1 aromatic carbocycles. The zero-order valence-electron chi connectivity index (χ0n) is 7.70. The van der Waals surface area contributed by atoms with E-state index in [4.69, 9.17) is 11.6 Å². The van der Waals surface area contributed by atoms with Gasteiger partial charge in [0.1, 0.15) is 5.02 Å². The summed E-state index contributed by atoms with van der Waals surface area (Å²) in [5, 5.41) is 10.6. The Hall–Kier alpha value is -1.42. The monoisotopic (exact) mass is 213 g/mol. The number of benzene rings is 1. The Morgan fingerprint density at radius 3 is 2.50 bits per heavy atom. The van der Waals surface area contributed by atoms with Gasteiger partial charge in [-0.3, -0.25) is 14.9 Å². The molecule has 0 amide bonds. The Bertz CT molecular complexity index is 415. The Kier molecular flexibility index (Phi) is 2.86. The van der Waals surface area contributed by atoms with Gasteiger partial charge in [0.15, 0.2) is 5.78 Å². The molecular formula is C9H8ClNO3. The number of rotatable bonds is 2. The summed E-state index contributed by atoms with van der Waals surface area (Å²) in [6.07, 6.45) is 0. The number of nitrogens with zero attached hydrogens (tertiary/aromatic N) is 1. The SMILES string of the molecule is CC(=O)c1cc(C)c(Cl)c([N+](=O)[O-])c1. The van der Waals surface area contributed by atoms with Gasteiger partial charge >= 0.3 is 0 Å². The molecule has 0 heterocycles. The molecule has 0 bridgehead atoms. The first-order valence-electron chi connectivity index (χ1n) is 3.89. The topological polar surface area (TPSA) is 60.2 Å². The van der Waals surface area contributed by atoms with Crippen LogP contribution in [0.5, 0.6) is 0 Å². The molecule has 0 N–H and O–H groups in total. The zero-order valence-corrected chi connectivity index (χ0v) is 8.46. The highest BCUT2D eigenvalue weighted by Gasteiger charge is 2.17. The van der Waals surface area contributed by atoms with Crippen LogP contribution in [0.25, 0.3) is 0 Å². The van der Waals surface area contributed by atoms with Gasteiger partial charge in [-0.2, -0.15) is 0 Å². The number of ketones is 1. The maximum Gasteiger partial charge on any atom is 0.288 e. The predicted molar refractivity (Wildman–Crippen MR) is 52.8 cm³/mol. The van der Waals surface area contributed by atoms with Crippen LogP contribution in [0, 0.1) is 17.0 Å². The molecule has 5 heteroatoms. The number of nitro groups is 1. The Labute approximate surface area is 85.6 Å². The second-order valence-corrected chi connectivity index (χ2v) is 3.32. The molecule has 0 aliphatic rings. The largest absolute Gasteiger partial charge is 0.295 e. The van der Waals surface area contributed by atoms with Crippen LogP contribution in [0.15, 0.2) is 12.1 Å². The van der Waals surface area contributed by atoms with E-state index in [1.807, 2.05) is 0 Å². The van der Waals surface area contributed by atoms with Crippen molar-refractivity contribution in [2.24, 2.45) is 0 Å². The van der Waals surface area contributed by atoms with Crippen LogP contribution >= 0.6 is 11.6 Å². The molecule has 0 aliphatic heterocycles. The van der Waals surface area contributed by atoms with Gasteiger partial charge in [0.05, 0.1) is 4.92 Å². The Balaban J connectivity index is 3.43. The van der Waals surface area contributed by atoms with Crippen molar-refractivity contribution >= 4 is 23.1 Å². The summed E-state index contributed by atoms with van der Waals surface area (Å²) in [4.78, 5) is 21.0. The third-order valence-electron chi connectivity index (χ3n) is 1.84. The average molecular weight is 214 g/mol. The molecular weight excluding hydrogens is 206 g/mol. The second kappa shape index (κ2) is 3.75. The lowest BCUT2D eigenvalue weighted by Crippen LogP contribution is -1.97. The van der Waals surface area contributed by atoms with Crippen LogP contribution in [0.1, 0.15) is 22.8 Å². The highest BCUT2D eigenvalue weighted by molar-refractivity contribution is 6.33. The fourth-order valence-corrected chi connectivity index (χ4v) is 1.27.